The molecule has 0 saturated heterocycles. The predicted octanol–water partition coefficient (Wildman–Crippen LogP) is 3.54. The highest BCUT2D eigenvalue weighted by Gasteiger charge is 2.36. The van der Waals surface area contributed by atoms with Crippen LogP contribution in [-0.2, 0) is 11.2 Å². The molecule has 19 heavy (non-hydrogen) atoms. The maximum absolute atomic E-state index is 13.1. The van der Waals surface area contributed by atoms with Crippen molar-refractivity contribution in [1.82, 2.24) is 5.32 Å². The molecule has 106 valence electrons. The van der Waals surface area contributed by atoms with E-state index in [-0.39, 0.29) is 5.82 Å². The van der Waals surface area contributed by atoms with Gasteiger partial charge in [-0.05, 0) is 42.4 Å². The highest BCUT2D eigenvalue weighted by atomic mass is 79.9. The molecular formula is C15H21BrFNO. The first-order valence-corrected chi connectivity index (χ1v) is 7.58. The van der Waals surface area contributed by atoms with Gasteiger partial charge in [0.05, 0.1) is 6.61 Å². The van der Waals surface area contributed by atoms with Crippen molar-refractivity contribution in [3.8, 4) is 0 Å². The Morgan fingerprint density at radius 3 is 2.79 bits per heavy atom. The zero-order valence-electron chi connectivity index (χ0n) is 11.3. The Labute approximate surface area is 122 Å². The van der Waals surface area contributed by atoms with Gasteiger partial charge in [-0.15, -0.1) is 0 Å². The monoisotopic (exact) mass is 329 g/mol. The van der Waals surface area contributed by atoms with Gasteiger partial charge >= 0.3 is 0 Å². The molecule has 2 rings (SSSR count). The van der Waals surface area contributed by atoms with Crippen LogP contribution in [0.3, 0.4) is 0 Å². The third kappa shape index (κ3) is 4.01. The summed E-state index contributed by atoms with van der Waals surface area (Å²) in [6.45, 7) is 2.65. The highest BCUT2D eigenvalue weighted by molar-refractivity contribution is 9.10. The van der Waals surface area contributed by atoms with Crippen molar-refractivity contribution in [3.05, 3.63) is 34.1 Å². The van der Waals surface area contributed by atoms with Crippen LogP contribution in [0.1, 0.15) is 24.8 Å². The first-order valence-electron chi connectivity index (χ1n) is 6.79. The largest absolute Gasteiger partial charge is 0.383 e. The number of methoxy groups -OCH3 is 1. The Hall–Kier alpha value is -0.450. The van der Waals surface area contributed by atoms with Crippen LogP contribution in [0.15, 0.2) is 22.7 Å². The molecule has 0 aromatic heterocycles. The van der Waals surface area contributed by atoms with Gasteiger partial charge in [0.25, 0.3) is 0 Å². The minimum atomic E-state index is -0.184. The van der Waals surface area contributed by atoms with Crippen molar-refractivity contribution in [2.75, 3.05) is 26.8 Å². The average Bonchev–Trinajstić information content (AvgIpc) is 2.34. The fraction of sp³-hybridized carbons (Fsp3) is 0.600. The van der Waals surface area contributed by atoms with Gasteiger partial charge in [0, 0.05) is 24.7 Å². The molecule has 1 aliphatic rings. The van der Waals surface area contributed by atoms with Crippen molar-refractivity contribution >= 4 is 15.9 Å². The molecule has 0 unspecified atom stereocenters. The second-order valence-electron chi connectivity index (χ2n) is 5.44. The van der Waals surface area contributed by atoms with E-state index in [0.29, 0.717) is 5.41 Å². The van der Waals surface area contributed by atoms with Gasteiger partial charge in [-0.1, -0.05) is 28.4 Å². The zero-order chi connectivity index (χ0) is 13.7. The Bertz CT molecular complexity index is 421. The first-order chi connectivity index (χ1) is 9.15. The summed E-state index contributed by atoms with van der Waals surface area (Å²) >= 11 is 3.47. The second kappa shape index (κ2) is 6.82. The number of halogens is 2. The normalized spacial score (nSPS) is 17.2. The topological polar surface area (TPSA) is 21.3 Å². The van der Waals surface area contributed by atoms with Crippen molar-refractivity contribution in [2.24, 2.45) is 5.41 Å². The molecule has 0 aliphatic heterocycles. The lowest BCUT2D eigenvalue weighted by Gasteiger charge is -2.42. The maximum Gasteiger partial charge on any atom is 0.124 e. The summed E-state index contributed by atoms with van der Waals surface area (Å²) in [6.07, 6.45) is 4.80. The van der Waals surface area contributed by atoms with Gasteiger partial charge in [0.2, 0.25) is 0 Å². The van der Waals surface area contributed by atoms with Crippen molar-refractivity contribution in [3.63, 3.8) is 0 Å². The molecule has 0 atom stereocenters. The summed E-state index contributed by atoms with van der Waals surface area (Å²) in [5.41, 5.74) is 1.54. The van der Waals surface area contributed by atoms with Crippen LogP contribution in [0.25, 0.3) is 0 Å². The van der Waals surface area contributed by atoms with E-state index in [2.05, 4.69) is 21.2 Å². The predicted molar refractivity (Wildman–Crippen MR) is 78.8 cm³/mol. The van der Waals surface area contributed by atoms with Crippen LogP contribution in [0.4, 0.5) is 4.39 Å². The average molecular weight is 330 g/mol. The molecule has 1 N–H and O–H groups in total. The van der Waals surface area contributed by atoms with E-state index in [4.69, 9.17) is 4.74 Å². The van der Waals surface area contributed by atoms with Gasteiger partial charge in [0.1, 0.15) is 5.82 Å². The summed E-state index contributed by atoms with van der Waals surface area (Å²) in [5.74, 6) is -0.184. The summed E-state index contributed by atoms with van der Waals surface area (Å²) in [6, 6.07) is 5.00. The molecule has 4 heteroatoms. The number of rotatable bonds is 7. The Kier molecular flexibility index (Phi) is 5.37. The molecule has 0 amide bonds. The standard InChI is InChI=1S/C15H21BrFNO/c1-19-8-7-18-11-15(5-2-6-15)10-12-3-4-13(17)9-14(12)16/h3-4,9,18H,2,5-8,10-11H2,1H3. The lowest BCUT2D eigenvalue weighted by atomic mass is 9.65. The molecule has 0 radical (unpaired) electrons. The molecule has 1 aromatic rings. The number of nitrogens with one attached hydrogen (secondary N) is 1. The van der Waals surface area contributed by atoms with Crippen LogP contribution < -0.4 is 5.32 Å². The van der Waals surface area contributed by atoms with Gasteiger partial charge in [0.15, 0.2) is 0 Å². The number of ether oxygens (including phenoxy) is 1. The maximum atomic E-state index is 13.1. The molecule has 1 fully saturated rings. The van der Waals surface area contributed by atoms with Gasteiger partial charge in [-0.3, -0.25) is 0 Å². The number of benzene rings is 1. The van der Waals surface area contributed by atoms with Crippen LogP contribution >= 0.6 is 15.9 Å². The smallest absolute Gasteiger partial charge is 0.124 e. The first kappa shape index (κ1) is 14.9. The number of hydrogen-bond donors (Lipinski definition) is 1. The molecule has 0 spiro atoms. The third-order valence-electron chi connectivity index (χ3n) is 3.98. The van der Waals surface area contributed by atoms with Gasteiger partial charge in [-0.2, -0.15) is 0 Å². The molecule has 0 bridgehead atoms. The Morgan fingerprint density at radius 2 is 2.21 bits per heavy atom. The number of hydrogen-bond acceptors (Lipinski definition) is 2. The second-order valence-corrected chi connectivity index (χ2v) is 6.29. The van der Waals surface area contributed by atoms with Crippen LogP contribution in [-0.4, -0.2) is 26.8 Å². The van der Waals surface area contributed by atoms with Crippen molar-refractivity contribution in [1.29, 1.82) is 0 Å². The molecule has 1 saturated carbocycles. The highest BCUT2D eigenvalue weighted by Crippen LogP contribution is 2.44. The van der Waals surface area contributed by atoms with Crippen molar-refractivity contribution < 1.29 is 9.13 Å². The quantitative estimate of drug-likeness (QED) is 0.772. The van der Waals surface area contributed by atoms with Gasteiger partial charge < -0.3 is 10.1 Å². The van der Waals surface area contributed by atoms with E-state index >= 15 is 0 Å². The summed E-state index contributed by atoms with van der Waals surface area (Å²) < 4.78 is 19.0. The Balaban J connectivity index is 1.94. The lowest BCUT2D eigenvalue weighted by molar-refractivity contribution is 0.123. The van der Waals surface area contributed by atoms with Crippen LogP contribution in [0.2, 0.25) is 0 Å². The van der Waals surface area contributed by atoms with E-state index in [1.807, 2.05) is 6.07 Å². The van der Waals surface area contributed by atoms with Crippen LogP contribution in [0.5, 0.6) is 0 Å². The summed E-state index contributed by atoms with van der Waals surface area (Å²) in [7, 11) is 1.72. The third-order valence-corrected chi connectivity index (χ3v) is 4.72. The minimum absolute atomic E-state index is 0.184. The van der Waals surface area contributed by atoms with E-state index in [9.17, 15) is 4.39 Å². The molecule has 1 aliphatic carbocycles. The fourth-order valence-corrected chi connectivity index (χ4v) is 3.18. The Morgan fingerprint density at radius 1 is 1.42 bits per heavy atom. The SMILES string of the molecule is COCCNCC1(Cc2ccc(F)cc2Br)CCC1. The minimum Gasteiger partial charge on any atom is -0.383 e. The van der Waals surface area contributed by atoms with E-state index < -0.39 is 0 Å². The van der Waals surface area contributed by atoms with Crippen LogP contribution in [0, 0.1) is 11.2 Å². The summed E-state index contributed by atoms with van der Waals surface area (Å²) in [5, 5.41) is 3.47. The molecular weight excluding hydrogens is 309 g/mol. The molecule has 2 nitrogen and oxygen atoms in total. The zero-order valence-corrected chi connectivity index (χ0v) is 12.9. The van der Waals surface area contributed by atoms with Gasteiger partial charge in [-0.25, -0.2) is 4.39 Å². The fourth-order valence-electron chi connectivity index (χ4n) is 2.69. The molecule has 1 aromatic carbocycles. The van der Waals surface area contributed by atoms with E-state index in [1.54, 1.807) is 19.2 Å². The molecule has 0 heterocycles. The summed E-state index contributed by atoms with van der Waals surface area (Å²) in [4.78, 5) is 0. The van der Waals surface area contributed by atoms with E-state index in [0.717, 1.165) is 30.6 Å². The van der Waals surface area contributed by atoms with E-state index in [1.165, 1.54) is 24.8 Å². The van der Waals surface area contributed by atoms with Crippen molar-refractivity contribution in [2.45, 2.75) is 25.7 Å². The lowest BCUT2D eigenvalue weighted by Crippen LogP contribution is -2.42.